The van der Waals surface area contributed by atoms with Gasteiger partial charge in [0.1, 0.15) is 5.75 Å². The molecule has 0 unspecified atom stereocenters. The van der Waals surface area contributed by atoms with Crippen LogP contribution in [0, 0.1) is 5.92 Å². The van der Waals surface area contributed by atoms with Crippen molar-refractivity contribution in [2.75, 3.05) is 20.2 Å². The SMILES string of the molecule is COc1cccc(C(=O)[C@@H]2CCCN(Cc3ccccc3C(=O)O)C2)c1. The maximum Gasteiger partial charge on any atom is 0.336 e. The molecule has 5 nitrogen and oxygen atoms in total. The average Bonchev–Trinajstić information content (AvgIpc) is 2.68. The van der Waals surface area contributed by atoms with Gasteiger partial charge in [-0.3, -0.25) is 9.69 Å². The zero-order valence-electron chi connectivity index (χ0n) is 14.9. The third-order valence-electron chi connectivity index (χ3n) is 4.87. The first-order valence-electron chi connectivity index (χ1n) is 8.80. The molecule has 1 aliphatic rings. The zero-order chi connectivity index (χ0) is 18.5. The van der Waals surface area contributed by atoms with Gasteiger partial charge >= 0.3 is 5.97 Å². The second-order valence-corrected chi connectivity index (χ2v) is 6.63. The number of methoxy groups -OCH3 is 1. The van der Waals surface area contributed by atoms with Crippen molar-refractivity contribution >= 4 is 11.8 Å². The minimum absolute atomic E-state index is 0.0761. The van der Waals surface area contributed by atoms with E-state index in [9.17, 15) is 14.7 Å². The molecule has 5 heteroatoms. The Morgan fingerprint density at radius 2 is 2.00 bits per heavy atom. The Bertz CT molecular complexity index is 802. The molecule has 1 fully saturated rings. The summed E-state index contributed by atoms with van der Waals surface area (Å²) in [6.45, 7) is 2.06. The van der Waals surface area contributed by atoms with E-state index >= 15 is 0 Å². The number of ketones is 1. The van der Waals surface area contributed by atoms with Crippen LogP contribution in [-0.4, -0.2) is 42.0 Å². The van der Waals surface area contributed by atoms with E-state index < -0.39 is 5.97 Å². The van der Waals surface area contributed by atoms with E-state index in [1.54, 1.807) is 25.3 Å². The van der Waals surface area contributed by atoms with Gasteiger partial charge in [0.25, 0.3) is 0 Å². The predicted octanol–water partition coefficient (Wildman–Crippen LogP) is 3.49. The van der Waals surface area contributed by atoms with E-state index in [4.69, 9.17) is 4.74 Å². The summed E-state index contributed by atoms with van der Waals surface area (Å²) in [5.41, 5.74) is 1.78. The number of carbonyl (C=O) groups is 2. The molecule has 0 spiro atoms. The Kier molecular flexibility index (Phi) is 5.68. The molecule has 3 rings (SSSR count). The van der Waals surface area contributed by atoms with Crippen molar-refractivity contribution in [3.8, 4) is 5.75 Å². The molecule has 0 radical (unpaired) electrons. The van der Waals surface area contributed by atoms with Gasteiger partial charge in [0, 0.05) is 24.6 Å². The number of carboxylic acids is 1. The van der Waals surface area contributed by atoms with Crippen molar-refractivity contribution in [3.63, 3.8) is 0 Å². The molecule has 1 heterocycles. The lowest BCUT2D eigenvalue weighted by Gasteiger charge is -2.32. The quantitative estimate of drug-likeness (QED) is 0.805. The second kappa shape index (κ2) is 8.15. The summed E-state index contributed by atoms with van der Waals surface area (Å²) in [6.07, 6.45) is 1.78. The van der Waals surface area contributed by atoms with Gasteiger partial charge < -0.3 is 9.84 Å². The Labute approximate surface area is 153 Å². The molecule has 0 aromatic heterocycles. The number of Topliss-reactive ketones (excluding diaryl/α,β-unsaturated/α-hetero) is 1. The molecule has 0 bridgehead atoms. The molecule has 0 saturated carbocycles. The Balaban J connectivity index is 1.71. The number of piperidine rings is 1. The molecule has 1 atom stereocenters. The Hall–Kier alpha value is -2.66. The van der Waals surface area contributed by atoms with E-state index in [2.05, 4.69) is 4.90 Å². The van der Waals surface area contributed by atoms with E-state index in [0.29, 0.717) is 30.0 Å². The van der Waals surface area contributed by atoms with Crippen LogP contribution < -0.4 is 4.74 Å². The topological polar surface area (TPSA) is 66.8 Å². The van der Waals surface area contributed by atoms with Crippen LogP contribution in [0.15, 0.2) is 48.5 Å². The molecule has 0 amide bonds. The lowest BCUT2D eigenvalue weighted by Crippen LogP contribution is -2.38. The first-order chi connectivity index (χ1) is 12.6. The fourth-order valence-electron chi connectivity index (χ4n) is 3.53. The maximum absolute atomic E-state index is 12.9. The summed E-state index contributed by atoms with van der Waals surface area (Å²) >= 11 is 0. The van der Waals surface area contributed by atoms with Crippen LogP contribution in [0.4, 0.5) is 0 Å². The molecular weight excluding hydrogens is 330 g/mol. The molecule has 1 N–H and O–H groups in total. The normalized spacial score (nSPS) is 17.7. The first kappa shape index (κ1) is 18.1. The molecule has 26 heavy (non-hydrogen) atoms. The van der Waals surface area contributed by atoms with Crippen molar-refractivity contribution < 1.29 is 19.4 Å². The van der Waals surface area contributed by atoms with Crippen molar-refractivity contribution in [2.45, 2.75) is 19.4 Å². The van der Waals surface area contributed by atoms with Gasteiger partial charge in [-0.1, -0.05) is 30.3 Å². The lowest BCUT2D eigenvalue weighted by molar-refractivity contribution is 0.0689. The average molecular weight is 353 g/mol. The molecule has 1 aliphatic heterocycles. The second-order valence-electron chi connectivity index (χ2n) is 6.63. The van der Waals surface area contributed by atoms with Gasteiger partial charge in [0.05, 0.1) is 12.7 Å². The number of hydrogen-bond acceptors (Lipinski definition) is 4. The maximum atomic E-state index is 12.9. The smallest absolute Gasteiger partial charge is 0.336 e. The summed E-state index contributed by atoms with van der Waals surface area (Å²) < 4.78 is 5.21. The summed E-state index contributed by atoms with van der Waals surface area (Å²) in [5.74, 6) is -0.187. The van der Waals surface area contributed by atoms with Gasteiger partial charge in [0.2, 0.25) is 0 Å². The Morgan fingerprint density at radius 1 is 1.19 bits per heavy atom. The van der Waals surface area contributed by atoms with Crippen LogP contribution in [0.2, 0.25) is 0 Å². The number of carbonyl (C=O) groups excluding carboxylic acids is 1. The number of hydrogen-bond donors (Lipinski definition) is 1. The van der Waals surface area contributed by atoms with Gasteiger partial charge in [0.15, 0.2) is 5.78 Å². The number of ether oxygens (including phenoxy) is 1. The minimum atomic E-state index is -0.915. The third kappa shape index (κ3) is 4.11. The van der Waals surface area contributed by atoms with Gasteiger partial charge in [-0.25, -0.2) is 4.79 Å². The molecule has 136 valence electrons. The summed E-state index contributed by atoms with van der Waals surface area (Å²) in [5, 5.41) is 9.35. The molecule has 1 saturated heterocycles. The highest BCUT2D eigenvalue weighted by Crippen LogP contribution is 2.24. The summed E-state index contributed by atoms with van der Waals surface area (Å²) in [4.78, 5) is 26.4. The fourth-order valence-corrected chi connectivity index (χ4v) is 3.53. The first-order valence-corrected chi connectivity index (χ1v) is 8.80. The highest BCUT2D eigenvalue weighted by Gasteiger charge is 2.27. The van der Waals surface area contributed by atoms with Crippen LogP contribution in [0.3, 0.4) is 0 Å². The van der Waals surface area contributed by atoms with Crippen LogP contribution in [0.5, 0.6) is 5.75 Å². The van der Waals surface area contributed by atoms with Crippen LogP contribution in [0.25, 0.3) is 0 Å². The summed E-state index contributed by atoms with van der Waals surface area (Å²) in [7, 11) is 1.59. The standard InChI is InChI=1S/C21H23NO4/c1-26-18-9-4-7-15(12-18)20(23)17-8-5-11-22(14-17)13-16-6-2-3-10-19(16)21(24)25/h2-4,6-7,9-10,12,17H,5,8,11,13-14H2,1H3,(H,24,25)/t17-/m1/s1. The number of rotatable bonds is 6. The number of carboxylic acid groups (broad SMARTS) is 1. The predicted molar refractivity (Wildman–Crippen MR) is 98.7 cm³/mol. The molecule has 0 aliphatic carbocycles. The monoisotopic (exact) mass is 353 g/mol. The van der Waals surface area contributed by atoms with E-state index in [1.807, 2.05) is 30.3 Å². The van der Waals surface area contributed by atoms with Crippen molar-refractivity contribution in [3.05, 3.63) is 65.2 Å². The molecular formula is C21H23NO4. The fraction of sp³-hybridized carbons (Fsp3) is 0.333. The number of likely N-dealkylation sites (tertiary alicyclic amines) is 1. The highest BCUT2D eigenvalue weighted by molar-refractivity contribution is 5.98. The van der Waals surface area contributed by atoms with Crippen molar-refractivity contribution in [1.82, 2.24) is 4.90 Å². The van der Waals surface area contributed by atoms with E-state index in [-0.39, 0.29) is 11.7 Å². The van der Waals surface area contributed by atoms with Gasteiger partial charge in [-0.15, -0.1) is 0 Å². The number of nitrogens with zero attached hydrogens (tertiary/aromatic N) is 1. The highest BCUT2D eigenvalue weighted by atomic mass is 16.5. The van der Waals surface area contributed by atoms with Crippen molar-refractivity contribution in [1.29, 1.82) is 0 Å². The molecule has 2 aromatic carbocycles. The van der Waals surface area contributed by atoms with Gasteiger partial charge in [-0.05, 0) is 43.1 Å². The zero-order valence-corrected chi connectivity index (χ0v) is 14.9. The largest absolute Gasteiger partial charge is 0.497 e. The lowest BCUT2D eigenvalue weighted by atomic mass is 9.89. The van der Waals surface area contributed by atoms with E-state index in [0.717, 1.165) is 24.9 Å². The van der Waals surface area contributed by atoms with Gasteiger partial charge in [-0.2, -0.15) is 0 Å². The minimum Gasteiger partial charge on any atom is -0.497 e. The van der Waals surface area contributed by atoms with Crippen molar-refractivity contribution in [2.24, 2.45) is 5.92 Å². The number of benzene rings is 2. The third-order valence-corrected chi connectivity index (χ3v) is 4.87. The van der Waals surface area contributed by atoms with Crippen LogP contribution in [-0.2, 0) is 6.54 Å². The summed E-state index contributed by atoms with van der Waals surface area (Å²) in [6, 6.07) is 14.3. The van der Waals surface area contributed by atoms with Crippen LogP contribution in [0.1, 0.15) is 39.1 Å². The Morgan fingerprint density at radius 3 is 2.77 bits per heavy atom. The number of aromatic carboxylic acids is 1. The molecule has 2 aromatic rings. The van der Waals surface area contributed by atoms with Crippen LogP contribution >= 0.6 is 0 Å². The van der Waals surface area contributed by atoms with E-state index in [1.165, 1.54) is 0 Å².